The Balaban J connectivity index is 3.32. The second-order valence-corrected chi connectivity index (χ2v) is 23.5. The number of hydrogen-bond donors (Lipinski definition) is 3. The standard InChI is InChI=1S/C70H133NO5/c1-3-5-7-9-11-13-14-15-16-17-31-35-38-41-44-48-52-56-60-64-70(75)76-65-61-57-53-49-45-42-39-36-33-30-28-26-24-22-20-18-19-21-23-25-27-29-32-34-37-40-43-47-51-55-59-63-69(74)71-67(66-72)68(73)62-58-54-50-46-12-10-8-6-4-2/h11,13,15-16,20,22,67-68,72-73H,3-10,12,14,17-19,21,23-66H2,1-2H3,(H,71,74)/b13-11-,16-15-,22-20-. The van der Waals surface area contributed by atoms with E-state index in [9.17, 15) is 19.8 Å². The smallest absolute Gasteiger partial charge is 0.305 e. The second-order valence-electron chi connectivity index (χ2n) is 23.5. The number of amides is 1. The minimum Gasteiger partial charge on any atom is -0.466 e. The zero-order valence-corrected chi connectivity index (χ0v) is 51.3. The maximum absolute atomic E-state index is 12.4. The van der Waals surface area contributed by atoms with Crippen molar-refractivity contribution in [1.29, 1.82) is 0 Å². The number of aliphatic hydroxyl groups excluding tert-OH is 2. The maximum Gasteiger partial charge on any atom is 0.305 e. The van der Waals surface area contributed by atoms with Crippen LogP contribution in [0.25, 0.3) is 0 Å². The Hall–Kier alpha value is -1.92. The summed E-state index contributed by atoms with van der Waals surface area (Å²) >= 11 is 0. The number of rotatable bonds is 64. The fourth-order valence-corrected chi connectivity index (χ4v) is 10.7. The van der Waals surface area contributed by atoms with Crippen molar-refractivity contribution in [2.24, 2.45) is 0 Å². The summed E-state index contributed by atoms with van der Waals surface area (Å²) < 4.78 is 5.51. The fourth-order valence-electron chi connectivity index (χ4n) is 10.7. The zero-order valence-electron chi connectivity index (χ0n) is 51.3. The number of aliphatic hydroxyl groups is 2. The van der Waals surface area contributed by atoms with Crippen LogP contribution < -0.4 is 5.32 Å². The molecule has 0 saturated heterocycles. The van der Waals surface area contributed by atoms with Crippen LogP contribution in [0.5, 0.6) is 0 Å². The summed E-state index contributed by atoms with van der Waals surface area (Å²) in [6.45, 7) is 4.93. The highest BCUT2D eigenvalue weighted by molar-refractivity contribution is 5.76. The summed E-state index contributed by atoms with van der Waals surface area (Å²) in [5.41, 5.74) is 0. The molecule has 2 unspecified atom stereocenters. The zero-order chi connectivity index (χ0) is 55.0. The molecule has 0 aromatic carbocycles. The third-order valence-electron chi connectivity index (χ3n) is 15.9. The molecule has 0 rings (SSSR count). The lowest BCUT2D eigenvalue weighted by Crippen LogP contribution is -2.45. The van der Waals surface area contributed by atoms with E-state index in [1.54, 1.807) is 0 Å². The predicted molar refractivity (Wildman–Crippen MR) is 333 cm³/mol. The van der Waals surface area contributed by atoms with Crippen molar-refractivity contribution >= 4 is 11.9 Å². The number of unbranched alkanes of at least 4 members (excludes halogenated alkanes) is 47. The average Bonchev–Trinajstić information content (AvgIpc) is 3.42. The molecule has 6 nitrogen and oxygen atoms in total. The minimum atomic E-state index is -0.660. The summed E-state index contributed by atoms with van der Waals surface area (Å²) in [5.74, 6) is -0.0201. The Bertz CT molecular complexity index is 1230. The van der Waals surface area contributed by atoms with Gasteiger partial charge in [0.2, 0.25) is 5.91 Å². The van der Waals surface area contributed by atoms with E-state index in [1.165, 1.54) is 289 Å². The Morgan fingerprint density at radius 3 is 1.04 bits per heavy atom. The molecule has 0 heterocycles. The van der Waals surface area contributed by atoms with Gasteiger partial charge in [0.15, 0.2) is 0 Å². The largest absolute Gasteiger partial charge is 0.466 e. The van der Waals surface area contributed by atoms with Crippen LogP contribution in [-0.4, -0.2) is 47.4 Å². The van der Waals surface area contributed by atoms with Crippen molar-refractivity contribution in [2.75, 3.05) is 13.2 Å². The molecule has 0 spiro atoms. The number of carbonyl (C=O) groups excluding carboxylic acids is 2. The highest BCUT2D eigenvalue weighted by Crippen LogP contribution is 2.18. The highest BCUT2D eigenvalue weighted by atomic mass is 16.5. The van der Waals surface area contributed by atoms with Crippen molar-refractivity contribution in [1.82, 2.24) is 5.32 Å². The summed E-state index contributed by atoms with van der Waals surface area (Å²) in [7, 11) is 0. The van der Waals surface area contributed by atoms with Crippen LogP contribution in [0.1, 0.15) is 373 Å². The van der Waals surface area contributed by atoms with Crippen molar-refractivity contribution in [2.45, 2.75) is 386 Å². The molecule has 0 fully saturated rings. The van der Waals surface area contributed by atoms with Gasteiger partial charge in [0, 0.05) is 12.8 Å². The summed E-state index contributed by atoms with van der Waals surface area (Å²) in [6, 6.07) is -0.538. The first kappa shape index (κ1) is 74.1. The third kappa shape index (κ3) is 61.3. The topological polar surface area (TPSA) is 95.9 Å². The normalized spacial score (nSPS) is 12.7. The van der Waals surface area contributed by atoms with Crippen LogP contribution in [0.4, 0.5) is 0 Å². The molecule has 0 aliphatic heterocycles. The molecule has 3 N–H and O–H groups in total. The molecule has 448 valence electrons. The van der Waals surface area contributed by atoms with E-state index in [2.05, 4.69) is 55.6 Å². The number of ether oxygens (including phenoxy) is 1. The van der Waals surface area contributed by atoms with Crippen molar-refractivity contribution in [3.05, 3.63) is 36.5 Å². The van der Waals surface area contributed by atoms with Gasteiger partial charge in [0.1, 0.15) is 0 Å². The van der Waals surface area contributed by atoms with Crippen LogP contribution in [0.3, 0.4) is 0 Å². The van der Waals surface area contributed by atoms with E-state index >= 15 is 0 Å². The lowest BCUT2D eigenvalue weighted by molar-refractivity contribution is -0.143. The minimum absolute atomic E-state index is 0.0141. The molecule has 0 saturated carbocycles. The molecule has 1 amide bonds. The van der Waals surface area contributed by atoms with Gasteiger partial charge < -0.3 is 20.3 Å². The van der Waals surface area contributed by atoms with E-state index in [0.717, 1.165) is 51.4 Å². The van der Waals surface area contributed by atoms with E-state index in [1.807, 2.05) is 0 Å². The highest BCUT2D eigenvalue weighted by Gasteiger charge is 2.20. The SMILES string of the molecule is CCCCC/C=C\C/C=C\CCCCCCCCCCCC(=O)OCCCCCCCCCCCCCC/C=C\CCCCCCCCCCCCCCCCCC(=O)NC(CO)C(O)CCCCCCCCCCC. The predicted octanol–water partition coefficient (Wildman–Crippen LogP) is 21.9. The summed E-state index contributed by atoms with van der Waals surface area (Å²) in [4.78, 5) is 24.5. The first-order chi connectivity index (χ1) is 37.5. The third-order valence-corrected chi connectivity index (χ3v) is 15.9. The molecular formula is C70H133NO5. The van der Waals surface area contributed by atoms with Gasteiger partial charge in [0.25, 0.3) is 0 Å². The molecule has 0 aromatic heterocycles. The maximum atomic E-state index is 12.4. The molecule has 0 aliphatic carbocycles. The summed E-state index contributed by atoms with van der Waals surface area (Å²) in [6.07, 6.45) is 83.5. The summed E-state index contributed by atoms with van der Waals surface area (Å²) in [5, 5.41) is 23.1. The van der Waals surface area contributed by atoms with Gasteiger partial charge in [-0.2, -0.15) is 0 Å². The monoisotopic (exact) mass is 1070 g/mol. The van der Waals surface area contributed by atoms with Crippen LogP contribution in [0, 0.1) is 0 Å². The molecule has 0 aliphatic rings. The molecule has 0 bridgehead atoms. The van der Waals surface area contributed by atoms with Crippen molar-refractivity contribution in [3.8, 4) is 0 Å². The Morgan fingerprint density at radius 1 is 0.368 bits per heavy atom. The van der Waals surface area contributed by atoms with E-state index < -0.39 is 12.1 Å². The average molecular weight is 1070 g/mol. The number of allylic oxidation sites excluding steroid dienone is 6. The van der Waals surface area contributed by atoms with Crippen LogP contribution >= 0.6 is 0 Å². The van der Waals surface area contributed by atoms with Crippen LogP contribution in [0.15, 0.2) is 36.5 Å². The lowest BCUT2D eigenvalue weighted by atomic mass is 10.0. The number of esters is 1. The van der Waals surface area contributed by atoms with Crippen molar-refractivity contribution in [3.63, 3.8) is 0 Å². The van der Waals surface area contributed by atoms with Gasteiger partial charge in [-0.05, 0) is 83.5 Å². The lowest BCUT2D eigenvalue weighted by Gasteiger charge is -2.22. The quantitative estimate of drug-likeness (QED) is 0.0320. The molecule has 2 atom stereocenters. The number of carbonyl (C=O) groups is 2. The van der Waals surface area contributed by atoms with Gasteiger partial charge in [-0.3, -0.25) is 9.59 Å². The van der Waals surface area contributed by atoms with E-state index in [-0.39, 0.29) is 18.5 Å². The van der Waals surface area contributed by atoms with Gasteiger partial charge in [-0.1, -0.05) is 314 Å². The van der Waals surface area contributed by atoms with E-state index in [4.69, 9.17) is 4.74 Å². The molecule has 0 aromatic rings. The molecule has 0 radical (unpaired) electrons. The van der Waals surface area contributed by atoms with Crippen LogP contribution in [-0.2, 0) is 14.3 Å². The van der Waals surface area contributed by atoms with Gasteiger partial charge in [0.05, 0.1) is 25.4 Å². The first-order valence-electron chi connectivity index (χ1n) is 34.2. The second kappa shape index (κ2) is 65.6. The molecular weight excluding hydrogens is 935 g/mol. The Labute approximate surface area is 474 Å². The Morgan fingerprint density at radius 2 is 0.658 bits per heavy atom. The first-order valence-corrected chi connectivity index (χ1v) is 34.2. The number of nitrogens with one attached hydrogen (secondary N) is 1. The van der Waals surface area contributed by atoms with E-state index in [0.29, 0.717) is 25.9 Å². The molecule has 76 heavy (non-hydrogen) atoms. The van der Waals surface area contributed by atoms with Gasteiger partial charge in [-0.15, -0.1) is 0 Å². The van der Waals surface area contributed by atoms with Gasteiger partial charge in [-0.25, -0.2) is 0 Å². The molecule has 6 heteroatoms. The van der Waals surface area contributed by atoms with Gasteiger partial charge >= 0.3 is 5.97 Å². The van der Waals surface area contributed by atoms with Crippen molar-refractivity contribution < 1.29 is 24.5 Å². The Kier molecular flexibility index (Phi) is 63.9. The number of hydrogen-bond acceptors (Lipinski definition) is 5. The fraction of sp³-hybridized carbons (Fsp3) is 0.886. The van der Waals surface area contributed by atoms with Crippen LogP contribution in [0.2, 0.25) is 0 Å².